The van der Waals surface area contributed by atoms with Crippen LogP contribution >= 0.6 is 0 Å². The molecule has 0 aliphatic carbocycles. The van der Waals surface area contributed by atoms with Crippen molar-refractivity contribution in [1.82, 2.24) is 10.5 Å². The Morgan fingerprint density at radius 1 is 1.00 bits per heavy atom. The number of amides is 1. The molecule has 0 fully saturated rings. The highest BCUT2D eigenvalue weighted by molar-refractivity contribution is 6.00. The average molecular weight is 356 g/mol. The van der Waals surface area contributed by atoms with Crippen LogP contribution in [0.15, 0.2) is 77.3 Å². The summed E-state index contributed by atoms with van der Waals surface area (Å²) in [6.07, 6.45) is 0.802. The van der Waals surface area contributed by atoms with E-state index >= 15 is 0 Å². The van der Waals surface area contributed by atoms with Crippen molar-refractivity contribution in [3.05, 3.63) is 89.5 Å². The van der Waals surface area contributed by atoms with E-state index in [0.29, 0.717) is 17.9 Å². The summed E-state index contributed by atoms with van der Waals surface area (Å²) in [7, 11) is 0. The second-order valence-corrected chi connectivity index (χ2v) is 6.60. The molecule has 0 bridgehead atoms. The zero-order valence-corrected chi connectivity index (χ0v) is 15.1. The van der Waals surface area contributed by atoms with Crippen LogP contribution in [-0.4, -0.2) is 17.6 Å². The van der Waals surface area contributed by atoms with Crippen molar-refractivity contribution >= 4 is 16.8 Å². The summed E-state index contributed by atoms with van der Waals surface area (Å²) in [5.74, 6) is 0.591. The normalized spacial score (nSPS) is 10.9. The molecule has 1 amide bonds. The van der Waals surface area contributed by atoms with E-state index < -0.39 is 0 Å². The van der Waals surface area contributed by atoms with Gasteiger partial charge in [0.25, 0.3) is 5.91 Å². The van der Waals surface area contributed by atoms with Crippen molar-refractivity contribution in [3.63, 3.8) is 0 Å². The van der Waals surface area contributed by atoms with Crippen molar-refractivity contribution in [1.29, 1.82) is 0 Å². The van der Waals surface area contributed by atoms with Gasteiger partial charge in [0, 0.05) is 17.7 Å². The van der Waals surface area contributed by atoms with Gasteiger partial charge in [-0.2, -0.15) is 0 Å². The third-order valence-electron chi connectivity index (χ3n) is 4.59. The van der Waals surface area contributed by atoms with Gasteiger partial charge in [-0.1, -0.05) is 65.3 Å². The van der Waals surface area contributed by atoms with Crippen LogP contribution in [0, 0.1) is 6.92 Å². The minimum atomic E-state index is -0.0936. The Morgan fingerprint density at radius 2 is 1.78 bits per heavy atom. The Bertz CT molecular complexity index is 1070. The molecule has 134 valence electrons. The molecule has 0 unspecified atom stereocenters. The van der Waals surface area contributed by atoms with Crippen molar-refractivity contribution in [2.75, 3.05) is 6.54 Å². The summed E-state index contributed by atoms with van der Waals surface area (Å²) >= 11 is 0. The molecule has 0 spiro atoms. The van der Waals surface area contributed by atoms with Gasteiger partial charge in [0.05, 0.1) is 5.39 Å². The molecule has 4 heteroatoms. The van der Waals surface area contributed by atoms with Crippen molar-refractivity contribution in [2.24, 2.45) is 0 Å². The van der Waals surface area contributed by atoms with Gasteiger partial charge in [0.2, 0.25) is 0 Å². The first kappa shape index (κ1) is 17.0. The second-order valence-electron chi connectivity index (χ2n) is 6.60. The number of aromatic nitrogens is 1. The Hall–Kier alpha value is -3.40. The Labute approximate surface area is 157 Å². The van der Waals surface area contributed by atoms with Gasteiger partial charge in [-0.3, -0.25) is 4.79 Å². The lowest BCUT2D eigenvalue weighted by molar-refractivity contribution is 0.0954. The largest absolute Gasteiger partial charge is 0.355 e. The van der Waals surface area contributed by atoms with Crippen LogP contribution in [0.25, 0.3) is 22.2 Å². The number of nitrogens with one attached hydrogen (secondary N) is 1. The number of aryl methyl sites for hydroxylation is 1. The first-order valence-corrected chi connectivity index (χ1v) is 8.99. The molecule has 0 radical (unpaired) electrons. The Balaban J connectivity index is 1.53. The van der Waals surface area contributed by atoms with Crippen LogP contribution in [-0.2, 0) is 6.42 Å². The fourth-order valence-electron chi connectivity index (χ4n) is 3.06. The molecule has 1 heterocycles. The molecule has 0 aliphatic rings. The van der Waals surface area contributed by atoms with E-state index in [9.17, 15) is 4.79 Å². The third kappa shape index (κ3) is 3.75. The summed E-state index contributed by atoms with van der Waals surface area (Å²) in [4.78, 5) is 12.5. The summed E-state index contributed by atoms with van der Waals surface area (Å²) in [5, 5.41) is 7.94. The Kier molecular flexibility index (Phi) is 4.71. The van der Waals surface area contributed by atoms with E-state index in [-0.39, 0.29) is 5.91 Å². The van der Waals surface area contributed by atoms with Crippen LogP contribution in [0.2, 0.25) is 0 Å². The van der Waals surface area contributed by atoms with E-state index in [2.05, 4.69) is 22.6 Å². The number of carbonyl (C=O) groups is 1. The molecule has 4 rings (SSSR count). The maximum absolute atomic E-state index is 12.5. The summed E-state index contributed by atoms with van der Waals surface area (Å²) in [6.45, 7) is 2.63. The van der Waals surface area contributed by atoms with Crippen LogP contribution < -0.4 is 5.32 Å². The first-order chi connectivity index (χ1) is 13.2. The SMILES string of the molecule is Cc1ccc(-c2onc3ccc(C(=O)NCCc4ccccc4)cc23)cc1. The zero-order valence-electron chi connectivity index (χ0n) is 15.1. The van der Waals surface area contributed by atoms with E-state index in [1.54, 1.807) is 6.07 Å². The van der Waals surface area contributed by atoms with Crippen molar-refractivity contribution in [2.45, 2.75) is 13.3 Å². The van der Waals surface area contributed by atoms with Gasteiger partial charge in [0.1, 0.15) is 5.52 Å². The molecule has 0 saturated heterocycles. The van der Waals surface area contributed by atoms with Crippen LogP contribution in [0.3, 0.4) is 0 Å². The van der Waals surface area contributed by atoms with Gasteiger partial charge in [-0.25, -0.2) is 0 Å². The van der Waals surface area contributed by atoms with Gasteiger partial charge in [-0.05, 0) is 37.1 Å². The zero-order chi connectivity index (χ0) is 18.6. The maximum atomic E-state index is 12.5. The van der Waals surface area contributed by atoms with Crippen molar-refractivity contribution < 1.29 is 9.32 Å². The van der Waals surface area contributed by atoms with Crippen molar-refractivity contribution in [3.8, 4) is 11.3 Å². The van der Waals surface area contributed by atoms with Crippen LogP contribution in [0.4, 0.5) is 0 Å². The van der Waals surface area contributed by atoms with Crippen LogP contribution in [0.5, 0.6) is 0 Å². The van der Waals surface area contributed by atoms with E-state index in [1.807, 2.05) is 61.5 Å². The molecule has 1 aromatic heterocycles. The molecule has 0 atom stereocenters. The highest BCUT2D eigenvalue weighted by Crippen LogP contribution is 2.29. The number of rotatable bonds is 5. The molecule has 0 aliphatic heterocycles. The van der Waals surface area contributed by atoms with Gasteiger partial charge in [0.15, 0.2) is 5.76 Å². The van der Waals surface area contributed by atoms with Gasteiger partial charge >= 0.3 is 0 Å². The average Bonchev–Trinajstić information content (AvgIpc) is 3.12. The lowest BCUT2D eigenvalue weighted by atomic mass is 10.0. The number of hydrogen-bond acceptors (Lipinski definition) is 3. The number of benzene rings is 3. The first-order valence-electron chi connectivity index (χ1n) is 8.99. The second kappa shape index (κ2) is 7.46. The summed E-state index contributed by atoms with van der Waals surface area (Å²) < 4.78 is 5.53. The fraction of sp³-hybridized carbons (Fsp3) is 0.130. The highest BCUT2D eigenvalue weighted by atomic mass is 16.5. The number of fused-ring (bicyclic) bond motifs is 1. The quantitative estimate of drug-likeness (QED) is 0.560. The minimum Gasteiger partial charge on any atom is -0.355 e. The van der Waals surface area contributed by atoms with E-state index in [4.69, 9.17) is 4.52 Å². The topological polar surface area (TPSA) is 55.1 Å². The number of carbonyl (C=O) groups excluding carboxylic acids is 1. The molecule has 0 saturated carbocycles. The minimum absolute atomic E-state index is 0.0936. The summed E-state index contributed by atoms with van der Waals surface area (Å²) in [5.41, 5.74) is 4.68. The molecule has 4 aromatic rings. The monoisotopic (exact) mass is 356 g/mol. The lowest BCUT2D eigenvalue weighted by Crippen LogP contribution is -2.25. The smallest absolute Gasteiger partial charge is 0.251 e. The summed E-state index contributed by atoms with van der Waals surface area (Å²) in [6, 6.07) is 23.6. The Morgan fingerprint density at radius 3 is 2.56 bits per heavy atom. The molecule has 4 nitrogen and oxygen atoms in total. The van der Waals surface area contributed by atoms with Gasteiger partial charge in [-0.15, -0.1) is 0 Å². The molecule has 1 N–H and O–H groups in total. The number of nitrogens with zero attached hydrogens (tertiary/aromatic N) is 1. The predicted molar refractivity (Wildman–Crippen MR) is 107 cm³/mol. The highest BCUT2D eigenvalue weighted by Gasteiger charge is 2.14. The van der Waals surface area contributed by atoms with Crippen LogP contribution in [0.1, 0.15) is 21.5 Å². The third-order valence-corrected chi connectivity index (χ3v) is 4.59. The predicted octanol–water partition coefficient (Wildman–Crippen LogP) is 4.78. The van der Waals surface area contributed by atoms with Gasteiger partial charge < -0.3 is 9.84 Å². The standard InChI is InChI=1S/C23H20N2O2/c1-16-7-9-18(10-8-16)22-20-15-19(11-12-21(20)25-27-22)23(26)24-14-13-17-5-3-2-4-6-17/h2-12,15H,13-14H2,1H3,(H,24,26). The molecular formula is C23H20N2O2. The molecular weight excluding hydrogens is 336 g/mol. The van der Waals surface area contributed by atoms with E-state index in [0.717, 1.165) is 22.9 Å². The van der Waals surface area contributed by atoms with E-state index in [1.165, 1.54) is 11.1 Å². The number of hydrogen-bond donors (Lipinski definition) is 1. The lowest BCUT2D eigenvalue weighted by Gasteiger charge is -2.06. The fourth-order valence-corrected chi connectivity index (χ4v) is 3.06. The molecule has 3 aromatic carbocycles. The molecule has 27 heavy (non-hydrogen) atoms. The maximum Gasteiger partial charge on any atom is 0.251 e.